The first kappa shape index (κ1) is 9.70. The Balaban J connectivity index is 0.000000720. The average molecular weight is 333 g/mol. The minimum absolute atomic E-state index is 0. The molecule has 0 amide bonds. The van der Waals surface area contributed by atoms with Crippen LogP contribution in [0.15, 0.2) is 12.3 Å². The van der Waals surface area contributed by atoms with Crippen molar-refractivity contribution in [3.05, 3.63) is 24.0 Å². The molecular weight excluding hydrogens is 322 g/mol. The van der Waals surface area contributed by atoms with Crippen LogP contribution in [0, 0.1) is 6.07 Å². The summed E-state index contributed by atoms with van der Waals surface area (Å²) >= 11 is 0. The summed E-state index contributed by atoms with van der Waals surface area (Å²) in [6, 6.07) is 4.91. The van der Waals surface area contributed by atoms with Crippen molar-refractivity contribution >= 4 is 5.69 Å². The standard InChI is InChI=1S/C9H11N2.Re/c1-9(2)6-11-7-4-3-5-10-8(7)9;/h4-5,11H,6H2,1-2H3;/q-1;. The maximum Gasteiger partial charge on any atom is 0.00788 e. The fourth-order valence-electron chi connectivity index (χ4n) is 1.43. The minimum atomic E-state index is 0. The number of hydrogen-bond donors (Lipinski definition) is 1. The Hall–Kier alpha value is -0.388. The van der Waals surface area contributed by atoms with E-state index in [4.69, 9.17) is 0 Å². The molecule has 1 radical (unpaired) electrons. The van der Waals surface area contributed by atoms with Crippen LogP contribution in [0.1, 0.15) is 19.5 Å². The van der Waals surface area contributed by atoms with Gasteiger partial charge in [0.05, 0.1) is 0 Å². The van der Waals surface area contributed by atoms with Crippen LogP contribution < -0.4 is 5.32 Å². The van der Waals surface area contributed by atoms with Crippen molar-refractivity contribution in [1.29, 1.82) is 0 Å². The zero-order valence-electron chi connectivity index (χ0n) is 7.19. The molecule has 12 heavy (non-hydrogen) atoms. The molecule has 0 saturated carbocycles. The third kappa shape index (κ3) is 1.39. The zero-order chi connectivity index (χ0) is 7.90. The number of nitrogens with zero attached hydrogens (tertiary/aromatic N) is 1. The number of aromatic nitrogens is 1. The van der Waals surface area contributed by atoms with E-state index in [9.17, 15) is 0 Å². The van der Waals surface area contributed by atoms with E-state index in [1.807, 2.05) is 6.07 Å². The molecule has 0 unspecified atom stereocenters. The summed E-state index contributed by atoms with van der Waals surface area (Å²) in [7, 11) is 0. The SMILES string of the molecule is CC1(C)CNc2c[c-]cnc21.[Re]. The van der Waals surface area contributed by atoms with Crippen molar-refractivity contribution in [2.24, 2.45) is 0 Å². The monoisotopic (exact) mass is 334 g/mol. The van der Waals surface area contributed by atoms with Crippen molar-refractivity contribution in [3.8, 4) is 0 Å². The third-order valence-corrected chi connectivity index (χ3v) is 2.11. The van der Waals surface area contributed by atoms with Gasteiger partial charge in [0.15, 0.2) is 0 Å². The van der Waals surface area contributed by atoms with Gasteiger partial charge in [-0.05, 0) is 5.69 Å². The van der Waals surface area contributed by atoms with E-state index < -0.39 is 0 Å². The van der Waals surface area contributed by atoms with Gasteiger partial charge >= 0.3 is 0 Å². The smallest absolute Gasteiger partial charge is 0.00788 e. The molecule has 0 bridgehead atoms. The number of fused-ring (bicyclic) bond motifs is 1. The van der Waals surface area contributed by atoms with Gasteiger partial charge in [-0.15, -0.1) is 0 Å². The van der Waals surface area contributed by atoms with Gasteiger partial charge < -0.3 is 5.32 Å². The molecule has 0 fully saturated rings. The molecule has 2 heterocycles. The van der Waals surface area contributed by atoms with Gasteiger partial charge in [-0.1, -0.05) is 25.7 Å². The van der Waals surface area contributed by atoms with Crippen molar-refractivity contribution < 1.29 is 20.4 Å². The molecule has 0 aliphatic carbocycles. The second-order valence-corrected chi connectivity index (χ2v) is 3.57. The minimum Gasteiger partial charge on any atom is -0.459 e. The maximum absolute atomic E-state index is 4.29. The number of nitrogens with one attached hydrogen (secondary N) is 1. The van der Waals surface area contributed by atoms with Gasteiger partial charge in [0.25, 0.3) is 0 Å². The Morgan fingerprint density at radius 1 is 1.58 bits per heavy atom. The predicted octanol–water partition coefficient (Wildman–Crippen LogP) is 1.58. The molecule has 1 aliphatic rings. The second kappa shape index (κ2) is 3.16. The first-order chi connectivity index (χ1) is 5.20. The van der Waals surface area contributed by atoms with Crippen LogP contribution in [0.25, 0.3) is 0 Å². The fourth-order valence-corrected chi connectivity index (χ4v) is 1.43. The van der Waals surface area contributed by atoms with E-state index in [0.717, 1.165) is 17.9 Å². The molecule has 2 rings (SSSR count). The molecule has 3 heteroatoms. The Bertz CT molecular complexity index is 284. The summed E-state index contributed by atoms with van der Waals surface area (Å²) in [5.41, 5.74) is 2.48. The average Bonchev–Trinajstić information content (AvgIpc) is 2.29. The number of hydrogen-bond acceptors (Lipinski definition) is 2. The molecule has 2 nitrogen and oxygen atoms in total. The summed E-state index contributed by atoms with van der Waals surface area (Å²) in [6.07, 6.45) is 1.73. The van der Waals surface area contributed by atoms with Gasteiger partial charge in [0.2, 0.25) is 0 Å². The maximum atomic E-state index is 4.29. The first-order valence-electron chi connectivity index (χ1n) is 3.80. The third-order valence-electron chi connectivity index (χ3n) is 2.11. The molecule has 0 spiro atoms. The summed E-state index contributed by atoms with van der Waals surface area (Å²) in [5, 5.41) is 3.30. The van der Waals surface area contributed by atoms with Gasteiger partial charge in [-0.25, -0.2) is 12.1 Å². The molecule has 0 aromatic carbocycles. The van der Waals surface area contributed by atoms with Crippen LogP contribution in [0.5, 0.6) is 0 Å². The normalized spacial score (nSPS) is 17.5. The van der Waals surface area contributed by atoms with Gasteiger partial charge in [-0.2, -0.15) is 0 Å². The van der Waals surface area contributed by atoms with Gasteiger partial charge in [0, 0.05) is 32.4 Å². The van der Waals surface area contributed by atoms with E-state index in [-0.39, 0.29) is 25.8 Å². The zero-order valence-corrected chi connectivity index (χ0v) is 9.90. The van der Waals surface area contributed by atoms with Crippen molar-refractivity contribution in [1.82, 2.24) is 4.98 Å². The van der Waals surface area contributed by atoms with Crippen molar-refractivity contribution in [3.63, 3.8) is 0 Å². The van der Waals surface area contributed by atoms with E-state index in [1.54, 1.807) is 6.20 Å². The molecule has 0 atom stereocenters. The molecule has 1 aliphatic heterocycles. The van der Waals surface area contributed by atoms with Gasteiger partial charge in [-0.3, -0.25) is 4.98 Å². The summed E-state index contributed by atoms with van der Waals surface area (Å²) in [6.45, 7) is 5.37. The fraction of sp³-hybridized carbons (Fsp3) is 0.444. The predicted molar refractivity (Wildman–Crippen MR) is 44.6 cm³/mol. The molecular formula is C9H11N2Re-. The molecule has 0 saturated heterocycles. The quantitative estimate of drug-likeness (QED) is 0.729. The summed E-state index contributed by atoms with van der Waals surface area (Å²) < 4.78 is 0. The van der Waals surface area contributed by atoms with E-state index in [0.29, 0.717) is 0 Å². The molecule has 65 valence electrons. The summed E-state index contributed by atoms with van der Waals surface area (Å²) in [4.78, 5) is 4.29. The van der Waals surface area contributed by atoms with Crippen molar-refractivity contribution in [2.75, 3.05) is 11.9 Å². The Kier molecular flexibility index (Phi) is 2.55. The number of rotatable bonds is 0. The van der Waals surface area contributed by atoms with E-state index >= 15 is 0 Å². The first-order valence-corrected chi connectivity index (χ1v) is 3.80. The van der Waals surface area contributed by atoms with Crippen LogP contribution >= 0.6 is 0 Å². The van der Waals surface area contributed by atoms with E-state index in [1.165, 1.54) is 0 Å². The van der Waals surface area contributed by atoms with Crippen LogP contribution in [0.3, 0.4) is 0 Å². The largest absolute Gasteiger partial charge is 0.459 e. The van der Waals surface area contributed by atoms with Crippen molar-refractivity contribution in [2.45, 2.75) is 19.3 Å². The summed E-state index contributed by atoms with van der Waals surface area (Å²) in [5.74, 6) is 0. The number of anilines is 1. The Morgan fingerprint density at radius 3 is 3.00 bits per heavy atom. The molecule has 1 aromatic heterocycles. The number of pyridine rings is 1. The Morgan fingerprint density at radius 2 is 2.33 bits per heavy atom. The van der Waals surface area contributed by atoms with Crippen LogP contribution in [0.2, 0.25) is 0 Å². The molecule has 1 aromatic rings. The molecule has 1 N–H and O–H groups in total. The second-order valence-electron chi connectivity index (χ2n) is 3.57. The van der Waals surface area contributed by atoms with Gasteiger partial charge in [0.1, 0.15) is 0 Å². The van der Waals surface area contributed by atoms with Crippen LogP contribution in [-0.4, -0.2) is 11.5 Å². The van der Waals surface area contributed by atoms with Crippen LogP contribution in [0.4, 0.5) is 5.69 Å². The topological polar surface area (TPSA) is 24.9 Å². The Labute approximate surface area is 86.4 Å². The van der Waals surface area contributed by atoms with E-state index in [2.05, 4.69) is 30.2 Å². The van der Waals surface area contributed by atoms with Crippen LogP contribution in [-0.2, 0) is 25.8 Å².